The van der Waals surface area contributed by atoms with Crippen LogP contribution in [0.2, 0.25) is 0 Å². The van der Waals surface area contributed by atoms with E-state index in [2.05, 4.69) is 10.2 Å². The molecule has 184 valence electrons. The second-order valence-corrected chi connectivity index (χ2v) is 9.12. The van der Waals surface area contributed by atoms with Crippen molar-refractivity contribution < 1.29 is 18.7 Å². The van der Waals surface area contributed by atoms with Crippen molar-refractivity contribution in [1.82, 2.24) is 4.90 Å². The maximum atomic E-state index is 12.9. The second-order valence-electron chi connectivity index (χ2n) is 9.12. The average molecular weight is 484 g/mol. The van der Waals surface area contributed by atoms with Crippen molar-refractivity contribution in [3.8, 4) is 5.75 Å². The third-order valence-electron chi connectivity index (χ3n) is 6.18. The number of anilines is 2. The molecule has 1 aliphatic heterocycles. The van der Waals surface area contributed by atoms with Gasteiger partial charge in [0, 0.05) is 48.5 Å². The molecule has 1 fully saturated rings. The summed E-state index contributed by atoms with van der Waals surface area (Å²) in [6.07, 6.45) is 0.0863. The lowest BCUT2D eigenvalue weighted by Gasteiger charge is -2.35. The van der Waals surface area contributed by atoms with Gasteiger partial charge in [0.05, 0.1) is 6.10 Å². The summed E-state index contributed by atoms with van der Waals surface area (Å²) in [4.78, 5) is 29.6. The number of ether oxygens (including phenoxy) is 1. The average Bonchev–Trinajstić information content (AvgIpc) is 3.33. The van der Waals surface area contributed by atoms with E-state index < -0.39 is 0 Å². The van der Waals surface area contributed by atoms with Crippen LogP contribution in [0.25, 0.3) is 11.0 Å². The minimum absolute atomic E-state index is 0.0762. The van der Waals surface area contributed by atoms with Crippen LogP contribution in [0.1, 0.15) is 34.8 Å². The minimum atomic E-state index is -0.170. The number of carbonyl (C=O) groups excluding carboxylic acids is 2. The van der Waals surface area contributed by atoms with Crippen LogP contribution >= 0.6 is 0 Å². The fraction of sp³-hybridized carbons (Fsp3) is 0.241. The van der Waals surface area contributed by atoms with Gasteiger partial charge in [0.2, 0.25) is 0 Å². The van der Waals surface area contributed by atoms with Crippen LogP contribution in [0.15, 0.2) is 83.3 Å². The van der Waals surface area contributed by atoms with Crippen molar-refractivity contribution in [1.29, 1.82) is 0 Å². The molecule has 0 saturated carbocycles. The molecule has 0 bridgehead atoms. The van der Waals surface area contributed by atoms with Gasteiger partial charge < -0.3 is 24.3 Å². The highest BCUT2D eigenvalue weighted by Crippen LogP contribution is 2.23. The fourth-order valence-electron chi connectivity index (χ4n) is 4.33. The van der Waals surface area contributed by atoms with Gasteiger partial charge in [0.1, 0.15) is 11.3 Å². The Bertz CT molecular complexity index is 1320. The fourth-order valence-corrected chi connectivity index (χ4v) is 4.33. The molecular weight excluding hydrogens is 454 g/mol. The van der Waals surface area contributed by atoms with E-state index in [-0.39, 0.29) is 17.9 Å². The van der Waals surface area contributed by atoms with Crippen molar-refractivity contribution in [3.05, 3.63) is 90.2 Å². The van der Waals surface area contributed by atoms with Crippen molar-refractivity contribution in [2.45, 2.75) is 20.0 Å². The van der Waals surface area contributed by atoms with Gasteiger partial charge in [-0.3, -0.25) is 9.59 Å². The molecule has 1 aliphatic rings. The Labute approximate surface area is 210 Å². The summed E-state index contributed by atoms with van der Waals surface area (Å²) < 4.78 is 11.4. The molecule has 4 aromatic rings. The Hall–Kier alpha value is -4.26. The van der Waals surface area contributed by atoms with E-state index in [1.54, 1.807) is 24.3 Å². The summed E-state index contributed by atoms with van der Waals surface area (Å²) in [6.45, 7) is 6.61. The van der Waals surface area contributed by atoms with E-state index in [1.165, 1.54) is 0 Å². The number of rotatable bonds is 6. The first kappa shape index (κ1) is 23.5. The summed E-state index contributed by atoms with van der Waals surface area (Å²) in [5.41, 5.74) is 3.08. The summed E-state index contributed by atoms with van der Waals surface area (Å²) >= 11 is 0. The normalized spacial score (nSPS) is 13.8. The van der Waals surface area contributed by atoms with Crippen LogP contribution in [-0.2, 0) is 0 Å². The van der Waals surface area contributed by atoms with Gasteiger partial charge in [-0.1, -0.05) is 18.2 Å². The zero-order valence-electron chi connectivity index (χ0n) is 20.4. The van der Waals surface area contributed by atoms with Gasteiger partial charge in [0.15, 0.2) is 5.76 Å². The van der Waals surface area contributed by atoms with Gasteiger partial charge >= 0.3 is 0 Å². The topological polar surface area (TPSA) is 75.0 Å². The number of nitrogens with zero attached hydrogens (tertiary/aromatic N) is 2. The second kappa shape index (κ2) is 10.2. The SMILES string of the molecule is CC(C)Oc1ccc(C(=O)Nc2ccc(N3CCN(C(=O)c4cc5ccccc5o4)CC3)cc2)cc1. The molecule has 0 unspecified atom stereocenters. The molecule has 3 aromatic carbocycles. The van der Waals surface area contributed by atoms with Crippen LogP contribution in [0.5, 0.6) is 5.75 Å². The molecule has 1 aromatic heterocycles. The van der Waals surface area contributed by atoms with Crippen LogP contribution in [0.3, 0.4) is 0 Å². The zero-order valence-corrected chi connectivity index (χ0v) is 20.4. The standard InChI is InChI=1S/C29H29N3O4/c1-20(2)35-25-13-7-21(8-14-25)28(33)30-23-9-11-24(12-10-23)31-15-17-32(18-16-31)29(34)27-19-22-5-3-4-6-26(22)36-27/h3-14,19-20H,15-18H2,1-2H3,(H,30,33). The summed E-state index contributed by atoms with van der Waals surface area (Å²) in [7, 11) is 0. The first-order chi connectivity index (χ1) is 17.5. The summed E-state index contributed by atoms with van der Waals surface area (Å²) in [5, 5.41) is 3.87. The third kappa shape index (κ3) is 5.20. The van der Waals surface area contributed by atoms with E-state index >= 15 is 0 Å². The number of nitrogens with one attached hydrogen (secondary N) is 1. The Morgan fingerprint density at radius 2 is 1.58 bits per heavy atom. The van der Waals surface area contributed by atoms with E-state index in [1.807, 2.05) is 73.3 Å². The lowest BCUT2D eigenvalue weighted by atomic mass is 10.2. The molecule has 0 spiro atoms. The predicted molar refractivity (Wildman–Crippen MR) is 141 cm³/mol. The van der Waals surface area contributed by atoms with Gasteiger partial charge in [-0.2, -0.15) is 0 Å². The zero-order chi connectivity index (χ0) is 25.1. The van der Waals surface area contributed by atoms with E-state index in [9.17, 15) is 9.59 Å². The van der Waals surface area contributed by atoms with Crippen LogP contribution in [-0.4, -0.2) is 49.0 Å². The van der Waals surface area contributed by atoms with Gasteiger partial charge in [0.25, 0.3) is 11.8 Å². The predicted octanol–water partition coefficient (Wildman–Crippen LogP) is 5.43. The van der Waals surface area contributed by atoms with Gasteiger partial charge in [-0.05, 0) is 74.5 Å². The van der Waals surface area contributed by atoms with Crippen molar-refractivity contribution >= 4 is 34.2 Å². The maximum absolute atomic E-state index is 12.9. The molecule has 2 amide bonds. The first-order valence-electron chi connectivity index (χ1n) is 12.2. The Morgan fingerprint density at radius 1 is 0.889 bits per heavy atom. The monoisotopic (exact) mass is 483 g/mol. The number of hydrogen-bond acceptors (Lipinski definition) is 5. The van der Waals surface area contributed by atoms with Crippen LogP contribution < -0.4 is 15.0 Å². The molecule has 5 rings (SSSR count). The van der Waals surface area contributed by atoms with E-state index in [4.69, 9.17) is 9.15 Å². The highest BCUT2D eigenvalue weighted by atomic mass is 16.5. The number of carbonyl (C=O) groups is 2. The summed E-state index contributed by atoms with van der Waals surface area (Å²) in [6, 6.07) is 24.4. The van der Waals surface area contributed by atoms with E-state index in [0.717, 1.165) is 41.2 Å². The Morgan fingerprint density at radius 3 is 2.25 bits per heavy atom. The molecule has 7 nitrogen and oxygen atoms in total. The van der Waals surface area contributed by atoms with Gasteiger partial charge in [-0.25, -0.2) is 0 Å². The highest BCUT2D eigenvalue weighted by Gasteiger charge is 2.24. The minimum Gasteiger partial charge on any atom is -0.491 e. The summed E-state index contributed by atoms with van der Waals surface area (Å²) in [5.74, 6) is 0.876. The number of benzene rings is 3. The number of piperazine rings is 1. The van der Waals surface area contributed by atoms with Crippen LogP contribution in [0, 0.1) is 0 Å². The molecule has 0 atom stereocenters. The Kier molecular flexibility index (Phi) is 6.62. The number of amides is 2. The lowest BCUT2D eigenvalue weighted by molar-refractivity contribution is 0.0717. The molecule has 0 aliphatic carbocycles. The smallest absolute Gasteiger partial charge is 0.289 e. The molecule has 1 saturated heterocycles. The highest BCUT2D eigenvalue weighted by molar-refractivity contribution is 6.04. The molecule has 2 heterocycles. The number of furan rings is 1. The molecule has 0 radical (unpaired) electrons. The number of hydrogen-bond donors (Lipinski definition) is 1. The number of para-hydroxylation sites is 1. The third-order valence-corrected chi connectivity index (χ3v) is 6.18. The van der Waals surface area contributed by atoms with Crippen molar-refractivity contribution in [3.63, 3.8) is 0 Å². The van der Waals surface area contributed by atoms with Crippen molar-refractivity contribution in [2.24, 2.45) is 0 Å². The molecule has 7 heteroatoms. The van der Waals surface area contributed by atoms with Crippen molar-refractivity contribution in [2.75, 3.05) is 36.4 Å². The number of fused-ring (bicyclic) bond motifs is 1. The molecule has 1 N–H and O–H groups in total. The first-order valence-corrected chi connectivity index (χ1v) is 12.2. The maximum Gasteiger partial charge on any atom is 0.289 e. The molecule has 36 heavy (non-hydrogen) atoms. The van der Waals surface area contributed by atoms with Crippen LogP contribution in [0.4, 0.5) is 11.4 Å². The molecular formula is C29H29N3O4. The largest absolute Gasteiger partial charge is 0.491 e. The van der Waals surface area contributed by atoms with E-state index in [0.29, 0.717) is 24.4 Å². The Balaban J connectivity index is 1.15. The lowest BCUT2D eigenvalue weighted by Crippen LogP contribution is -2.48. The van der Waals surface area contributed by atoms with Gasteiger partial charge in [-0.15, -0.1) is 0 Å². The quantitative estimate of drug-likeness (QED) is 0.396.